The fraction of sp³-hybridized carbons (Fsp3) is 0.429. The first-order chi connectivity index (χ1) is 7.74. The summed E-state index contributed by atoms with van der Waals surface area (Å²) in [5.74, 6) is 3.55. The van der Waals surface area contributed by atoms with E-state index in [1.807, 2.05) is 32.3 Å². The summed E-state index contributed by atoms with van der Waals surface area (Å²) in [6.07, 6.45) is 8.06. The Morgan fingerprint density at radius 3 is 2.81 bits per heavy atom. The molecule has 16 heavy (non-hydrogen) atoms. The van der Waals surface area contributed by atoms with Gasteiger partial charge >= 0.3 is 0 Å². The van der Waals surface area contributed by atoms with Crippen LogP contribution in [0, 0.1) is 12.3 Å². The van der Waals surface area contributed by atoms with Crippen LogP contribution in [0.3, 0.4) is 0 Å². The van der Waals surface area contributed by atoms with Gasteiger partial charge in [0.05, 0.1) is 6.61 Å². The Morgan fingerprint density at radius 2 is 2.12 bits per heavy atom. The van der Waals surface area contributed by atoms with Gasteiger partial charge in [-0.15, -0.1) is 12.3 Å². The monoisotopic (exact) mass is 217 g/mol. The van der Waals surface area contributed by atoms with Crippen LogP contribution in [0.1, 0.15) is 19.3 Å². The molecule has 2 heteroatoms. The van der Waals surface area contributed by atoms with Crippen LogP contribution in [0.2, 0.25) is 0 Å². The van der Waals surface area contributed by atoms with Crippen molar-refractivity contribution < 1.29 is 4.74 Å². The van der Waals surface area contributed by atoms with E-state index in [9.17, 15) is 0 Å². The molecule has 0 aromatic heterocycles. The number of benzene rings is 1. The van der Waals surface area contributed by atoms with E-state index in [-0.39, 0.29) is 0 Å². The largest absolute Gasteiger partial charge is 0.494 e. The van der Waals surface area contributed by atoms with E-state index in [4.69, 9.17) is 11.2 Å². The lowest BCUT2D eigenvalue weighted by Gasteiger charge is -2.13. The molecule has 0 bridgehead atoms. The second-order valence-electron chi connectivity index (χ2n) is 3.90. The van der Waals surface area contributed by atoms with Gasteiger partial charge in [0.25, 0.3) is 0 Å². The van der Waals surface area contributed by atoms with Gasteiger partial charge in [-0.25, -0.2) is 0 Å². The van der Waals surface area contributed by atoms with Crippen molar-refractivity contribution in [3.05, 3.63) is 24.3 Å². The lowest BCUT2D eigenvalue weighted by molar-refractivity contribution is 0.308. The van der Waals surface area contributed by atoms with E-state index < -0.39 is 0 Å². The highest BCUT2D eigenvalue weighted by Gasteiger charge is 1.98. The molecule has 0 saturated heterocycles. The van der Waals surface area contributed by atoms with Gasteiger partial charge in [0.15, 0.2) is 0 Å². The van der Waals surface area contributed by atoms with Crippen LogP contribution >= 0.6 is 0 Å². The maximum absolute atomic E-state index is 5.65. The third-order valence-electron chi connectivity index (χ3n) is 2.32. The standard InChI is InChI=1S/C14H19NO/c1-4-5-6-7-11-16-14-10-8-9-13(12-14)15(2)3/h1,8-10,12H,5-7,11H2,2-3H3. The van der Waals surface area contributed by atoms with Crippen LogP contribution in [0.25, 0.3) is 0 Å². The first-order valence-corrected chi connectivity index (χ1v) is 5.57. The zero-order valence-electron chi connectivity index (χ0n) is 10.1. The van der Waals surface area contributed by atoms with Crippen molar-refractivity contribution in [2.75, 3.05) is 25.6 Å². The van der Waals surface area contributed by atoms with Gasteiger partial charge < -0.3 is 9.64 Å². The Hall–Kier alpha value is -1.62. The maximum atomic E-state index is 5.65. The van der Waals surface area contributed by atoms with Gasteiger partial charge in [-0.1, -0.05) is 6.07 Å². The second-order valence-corrected chi connectivity index (χ2v) is 3.90. The van der Waals surface area contributed by atoms with Gasteiger partial charge in [-0.05, 0) is 25.0 Å². The molecule has 0 saturated carbocycles. The van der Waals surface area contributed by atoms with E-state index in [1.165, 1.54) is 0 Å². The highest BCUT2D eigenvalue weighted by molar-refractivity contribution is 5.49. The van der Waals surface area contributed by atoms with E-state index in [0.717, 1.165) is 37.3 Å². The molecule has 0 aliphatic rings. The summed E-state index contributed by atoms with van der Waals surface area (Å²) in [7, 11) is 4.04. The van der Waals surface area contributed by atoms with Gasteiger partial charge in [-0.3, -0.25) is 0 Å². The SMILES string of the molecule is C#CCCCCOc1cccc(N(C)C)c1. The third-order valence-corrected chi connectivity index (χ3v) is 2.32. The summed E-state index contributed by atoms with van der Waals surface area (Å²) < 4.78 is 5.65. The van der Waals surface area contributed by atoms with Crippen molar-refractivity contribution in [1.29, 1.82) is 0 Å². The molecule has 0 amide bonds. The van der Waals surface area contributed by atoms with Crippen LogP contribution in [0.15, 0.2) is 24.3 Å². The zero-order chi connectivity index (χ0) is 11.8. The summed E-state index contributed by atoms with van der Waals surface area (Å²) in [6.45, 7) is 0.735. The number of terminal acetylenes is 1. The van der Waals surface area contributed by atoms with Crippen molar-refractivity contribution in [1.82, 2.24) is 0 Å². The number of hydrogen-bond acceptors (Lipinski definition) is 2. The Balaban J connectivity index is 2.37. The minimum atomic E-state index is 0.735. The predicted octanol–water partition coefficient (Wildman–Crippen LogP) is 2.93. The van der Waals surface area contributed by atoms with Gasteiger partial charge in [0.1, 0.15) is 5.75 Å². The average Bonchev–Trinajstić information content (AvgIpc) is 2.29. The lowest BCUT2D eigenvalue weighted by Crippen LogP contribution is -2.08. The van der Waals surface area contributed by atoms with Crippen molar-refractivity contribution in [2.24, 2.45) is 0 Å². The molecule has 0 aliphatic carbocycles. The minimum Gasteiger partial charge on any atom is -0.494 e. The van der Waals surface area contributed by atoms with Gasteiger partial charge in [-0.2, -0.15) is 0 Å². The molecule has 0 fully saturated rings. The first-order valence-electron chi connectivity index (χ1n) is 5.57. The normalized spacial score (nSPS) is 9.56. The first kappa shape index (κ1) is 12.4. The predicted molar refractivity (Wildman–Crippen MR) is 68.9 cm³/mol. The molecular weight excluding hydrogens is 198 g/mol. The fourth-order valence-corrected chi connectivity index (χ4v) is 1.37. The number of nitrogens with zero attached hydrogens (tertiary/aromatic N) is 1. The second kappa shape index (κ2) is 6.79. The summed E-state index contributed by atoms with van der Waals surface area (Å²) in [5, 5.41) is 0. The van der Waals surface area contributed by atoms with Crippen molar-refractivity contribution in [3.63, 3.8) is 0 Å². The molecule has 1 aromatic carbocycles. The van der Waals surface area contributed by atoms with Crippen LogP contribution < -0.4 is 9.64 Å². The fourth-order valence-electron chi connectivity index (χ4n) is 1.37. The Morgan fingerprint density at radius 1 is 1.31 bits per heavy atom. The average molecular weight is 217 g/mol. The minimum absolute atomic E-state index is 0.735. The Labute approximate surface area is 98.2 Å². The quantitative estimate of drug-likeness (QED) is 0.536. The molecule has 0 unspecified atom stereocenters. The number of rotatable bonds is 6. The summed E-state index contributed by atoms with van der Waals surface area (Å²) >= 11 is 0. The van der Waals surface area contributed by atoms with E-state index in [1.54, 1.807) is 0 Å². The molecule has 1 rings (SSSR count). The van der Waals surface area contributed by atoms with E-state index in [0.29, 0.717) is 0 Å². The van der Waals surface area contributed by atoms with Gasteiger partial charge in [0, 0.05) is 32.3 Å². The molecular formula is C14H19NO. The van der Waals surface area contributed by atoms with E-state index in [2.05, 4.69) is 16.9 Å². The molecule has 0 N–H and O–H groups in total. The number of anilines is 1. The third kappa shape index (κ3) is 4.27. The molecule has 0 spiro atoms. The van der Waals surface area contributed by atoms with Crippen molar-refractivity contribution in [2.45, 2.75) is 19.3 Å². The summed E-state index contributed by atoms with van der Waals surface area (Å²) in [5.41, 5.74) is 1.15. The zero-order valence-corrected chi connectivity index (χ0v) is 10.1. The molecule has 1 aromatic rings. The van der Waals surface area contributed by atoms with Crippen LogP contribution in [-0.2, 0) is 0 Å². The van der Waals surface area contributed by atoms with Crippen LogP contribution in [-0.4, -0.2) is 20.7 Å². The highest BCUT2D eigenvalue weighted by Crippen LogP contribution is 2.19. The molecule has 0 atom stereocenters. The number of unbranched alkanes of at least 4 members (excludes halogenated alkanes) is 2. The van der Waals surface area contributed by atoms with E-state index >= 15 is 0 Å². The molecule has 2 nitrogen and oxygen atoms in total. The number of ether oxygens (including phenoxy) is 1. The molecule has 86 valence electrons. The summed E-state index contributed by atoms with van der Waals surface area (Å²) in [6, 6.07) is 8.09. The topological polar surface area (TPSA) is 12.5 Å². The molecule has 0 heterocycles. The highest BCUT2D eigenvalue weighted by atomic mass is 16.5. The smallest absolute Gasteiger partial charge is 0.121 e. The number of hydrogen-bond donors (Lipinski definition) is 0. The van der Waals surface area contributed by atoms with Crippen LogP contribution in [0.4, 0.5) is 5.69 Å². The Bertz CT molecular complexity index is 352. The Kier molecular flexibility index (Phi) is 5.28. The summed E-state index contributed by atoms with van der Waals surface area (Å²) in [4.78, 5) is 2.06. The maximum Gasteiger partial charge on any atom is 0.121 e. The lowest BCUT2D eigenvalue weighted by atomic mass is 10.2. The molecule has 0 radical (unpaired) electrons. The van der Waals surface area contributed by atoms with Gasteiger partial charge in [0.2, 0.25) is 0 Å². The van der Waals surface area contributed by atoms with Crippen molar-refractivity contribution >= 4 is 5.69 Å². The van der Waals surface area contributed by atoms with Crippen LogP contribution in [0.5, 0.6) is 5.75 Å². The van der Waals surface area contributed by atoms with Crippen molar-refractivity contribution in [3.8, 4) is 18.1 Å². The molecule has 0 aliphatic heterocycles.